The molecule has 0 aliphatic carbocycles. The van der Waals surface area contributed by atoms with E-state index in [4.69, 9.17) is 0 Å². The SMILES string of the molecule is CCCC(=O)C1=C(C)NC(C)=C(C(=O)O)[C@H]1c1cccc([N+](=O)[O-])c1. The van der Waals surface area contributed by atoms with Crippen LogP contribution >= 0.6 is 0 Å². The lowest BCUT2D eigenvalue weighted by atomic mass is 9.78. The van der Waals surface area contributed by atoms with E-state index in [-0.39, 0.29) is 23.5 Å². The minimum atomic E-state index is -1.16. The number of nitrogens with zero attached hydrogens (tertiary/aromatic N) is 1. The van der Waals surface area contributed by atoms with Crippen molar-refractivity contribution < 1.29 is 19.6 Å². The Kier molecular flexibility index (Phi) is 5.36. The van der Waals surface area contributed by atoms with E-state index in [1.165, 1.54) is 18.2 Å². The fraction of sp³-hybridized carbons (Fsp3) is 0.333. The van der Waals surface area contributed by atoms with Crippen LogP contribution in [0.25, 0.3) is 0 Å². The van der Waals surface area contributed by atoms with Crippen molar-refractivity contribution in [1.82, 2.24) is 5.32 Å². The number of benzene rings is 1. The highest BCUT2D eigenvalue weighted by atomic mass is 16.6. The second-order valence-electron chi connectivity index (χ2n) is 5.97. The molecule has 1 aromatic rings. The molecule has 1 heterocycles. The summed E-state index contributed by atoms with van der Waals surface area (Å²) in [6, 6.07) is 5.79. The molecule has 1 atom stereocenters. The van der Waals surface area contributed by atoms with Crippen LogP contribution in [0.5, 0.6) is 0 Å². The molecule has 7 heteroatoms. The molecule has 25 heavy (non-hydrogen) atoms. The van der Waals surface area contributed by atoms with Crippen molar-refractivity contribution in [3.8, 4) is 0 Å². The first-order chi connectivity index (χ1) is 11.8. The normalized spacial score (nSPS) is 17.3. The van der Waals surface area contributed by atoms with E-state index in [2.05, 4.69) is 5.32 Å². The third-order valence-electron chi connectivity index (χ3n) is 4.18. The molecule has 0 spiro atoms. The highest BCUT2D eigenvalue weighted by molar-refractivity contribution is 6.02. The number of carboxylic acids is 1. The van der Waals surface area contributed by atoms with Gasteiger partial charge in [0.15, 0.2) is 5.78 Å². The second kappa shape index (κ2) is 7.29. The molecule has 0 saturated heterocycles. The quantitative estimate of drug-likeness (QED) is 0.605. The average molecular weight is 344 g/mol. The van der Waals surface area contributed by atoms with E-state index in [1.54, 1.807) is 19.9 Å². The van der Waals surface area contributed by atoms with Gasteiger partial charge < -0.3 is 10.4 Å². The lowest BCUT2D eigenvalue weighted by molar-refractivity contribution is -0.384. The van der Waals surface area contributed by atoms with Gasteiger partial charge in [-0.05, 0) is 25.8 Å². The van der Waals surface area contributed by atoms with Crippen LogP contribution in [0.15, 0.2) is 46.8 Å². The minimum absolute atomic E-state index is 0.0329. The van der Waals surface area contributed by atoms with Gasteiger partial charge in [-0.1, -0.05) is 19.1 Å². The average Bonchev–Trinajstić information content (AvgIpc) is 2.53. The van der Waals surface area contributed by atoms with E-state index in [0.29, 0.717) is 29.0 Å². The Hall–Kier alpha value is -2.96. The number of ketones is 1. The molecular weight excluding hydrogens is 324 g/mol. The zero-order chi connectivity index (χ0) is 18.7. The van der Waals surface area contributed by atoms with Gasteiger partial charge in [-0.15, -0.1) is 0 Å². The number of dihydropyridines is 1. The van der Waals surface area contributed by atoms with E-state index >= 15 is 0 Å². The number of non-ortho nitro benzene ring substituents is 1. The smallest absolute Gasteiger partial charge is 0.334 e. The standard InChI is InChI=1S/C18H20N2O5/c1-4-6-14(21)15-10(2)19-11(3)16(18(22)23)17(15)12-7-5-8-13(9-12)20(24)25/h5,7-9,17,19H,4,6H2,1-3H3,(H,22,23)/t17-/m0/s1. The molecule has 1 aliphatic rings. The van der Waals surface area contributed by atoms with Crippen LogP contribution in [0.1, 0.15) is 45.1 Å². The summed E-state index contributed by atoms with van der Waals surface area (Å²) in [7, 11) is 0. The van der Waals surface area contributed by atoms with Crippen molar-refractivity contribution >= 4 is 17.4 Å². The van der Waals surface area contributed by atoms with Crippen molar-refractivity contribution in [2.24, 2.45) is 0 Å². The summed E-state index contributed by atoms with van der Waals surface area (Å²) >= 11 is 0. The molecule has 132 valence electrons. The molecule has 0 saturated carbocycles. The van der Waals surface area contributed by atoms with Gasteiger partial charge >= 0.3 is 5.97 Å². The predicted molar refractivity (Wildman–Crippen MR) is 91.9 cm³/mol. The molecule has 0 amide bonds. The van der Waals surface area contributed by atoms with Gasteiger partial charge in [0, 0.05) is 41.4 Å². The maximum Gasteiger partial charge on any atom is 0.334 e. The molecule has 0 fully saturated rings. The summed E-state index contributed by atoms with van der Waals surface area (Å²) in [6.45, 7) is 5.21. The zero-order valence-corrected chi connectivity index (χ0v) is 14.3. The van der Waals surface area contributed by atoms with Gasteiger partial charge in [0.2, 0.25) is 0 Å². The fourth-order valence-electron chi connectivity index (χ4n) is 3.16. The molecule has 0 bridgehead atoms. The van der Waals surface area contributed by atoms with Crippen LogP contribution in [0, 0.1) is 10.1 Å². The van der Waals surface area contributed by atoms with Crippen LogP contribution in [0.4, 0.5) is 5.69 Å². The molecule has 1 aliphatic heterocycles. The lowest BCUT2D eigenvalue weighted by Crippen LogP contribution is -2.31. The minimum Gasteiger partial charge on any atom is -0.478 e. The lowest BCUT2D eigenvalue weighted by Gasteiger charge is -2.30. The van der Waals surface area contributed by atoms with E-state index in [9.17, 15) is 24.8 Å². The van der Waals surface area contributed by atoms with Gasteiger partial charge in [0.05, 0.1) is 10.5 Å². The number of Topliss-reactive ketones (excluding diaryl/α,β-unsaturated/α-hetero) is 1. The van der Waals surface area contributed by atoms with Gasteiger partial charge in [-0.2, -0.15) is 0 Å². The van der Waals surface area contributed by atoms with Gasteiger partial charge in [-0.3, -0.25) is 14.9 Å². The number of carbonyl (C=O) groups is 2. The van der Waals surface area contributed by atoms with Crippen LogP contribution in [-0.4, -0.2) is 21.8 Å². The monoisotopic (exact) mass is 344 g/mol. The summed E-state index contributed by atoms with van der Waals surface area (Å²) < 4.78 is 0. The largest absolute Gasteiger partial charge is 0.478 e. The van der Waals surface area contributed by atoms with Crippen molar-refractivity contribution in [2.75, 3.05) is 0 Å². The fourth-order valence-corrected chi connectivity index (χ4v) is 3.16. The number of hydrogen-bond donors (Lipinski definition) is 2. The van der Waals surface area contributed by atoms with Crippen LogP contribution < -0.4 is 5.32 Å². The number of carbonyl (C=O) groups excluding carboxylic acids is 1. The zero-order valence-electron chi connectivity index (χ0n) is 14.3. The van der Waals surface area contributed by atoms with Crippen LogP contribution in [0.2, 0.25) is 0 Å². The molecule has 2 rings (SSSR count). The third kappa shape index (κ3) is 3.60. The molecule has 0 aromatic heterocycles. The van der Waals surface area contributed by atoms with Crippen molar-refractivity contribution in [3.63, 3.8) is 0 Å². The first-order valence-corrected chi connectivity index (χ1v) is 7.97. The Bertz CT molecular complexity index is 807. The summed E-state index contributed by atoms with van der Waals surface area (Å²) in [6.07, 6.45) is 0.911. The second-order valence-corrected chi connectivity index (χ2v) is 5.97. The Morgan fingerprint density at radius 1 is 1.24 bits per heavy atom. The van der Waals surface area contributed by atoms with Gasteiger partial charge in [0.25, 0.3) is 5.69 Å². The number of nitrogens with one attached hydrogen (secondary N) is 1. The first-order valence-electron chi connectivity index (χ1n) is 7.97. The van der Waals surface area contributed by atoms with E-state index in [0.717, 1.165) is 0 Å². The molecule has 0 radical (unpaired) electrons. The summed E-state index contributed by atoms with van der Waals surface area (Å²) in [5, 5.41) is 23.7. The maximum absolute atomic E-state index is 12.6. The topological polar surface area (TPSA) is 110 Å². The molecule has 1 aromatic carbocycles. The highest BCUT2D eigenvalue weighted by Crippen LogP contribution is 2.39. The van der Waals surface area contributed by atoms with Crippen LogP contribution in [-0.2, 0) is 9.59 Å². The van der Waals surface area contributed by atoms with Gasteiger partial charge in [0.1, 0.15) is 0 Å². The number of rotatable bonds is 6. The summed E-state index contributed by atoms with van der Waals surface area (Å²) in [4.78, 5) is 35.0. The first kappa shape index (κ1) is 18.4. The molecule has 2 N–H and O–H groups in total. The number of hydrogen-bond acceptors (Lipinski definition) is 5. The van der Waals surface area contributed by atoms with Crippen LogP contribution in [0.3, 0.4) is 0 Å². The van der Waals surface area contributed by atoms with Crippen molar-refractivity contribution in [1.29, 1.82) is 0 Å². The highest BCUT2D eigenvalue weighted by Gasteiger charge is 2.36. The number of nitro benzene ring substituents is 1. The summed E-state index contributed by atoms with van der Waals surface area (Å²) in [5.74, 6) is -2.15. The Labute approximate surface area is 145 Å². The van der Waals surface area contributed by atoms with Crippen molar-refractivity contribution in [2.45, 2.75) is 39.5 Å². The maximum atomic E-state index is 12.6. The number of carboxylic acid groups (broad SMARTS) is 1. The molecule has 0 unspecified atom stereocenters. The van der Waals surface area contributed by atoms with Gasteiger partial charge in [-0.25, -0.2) is 4.79 Å². The number of allylic oxidation sites excluding steroid dienone is 3. The number of aliphatic carboxylic acids is 1. The molecule has 7 nitrogen and oxygen atoms in total. The summed E-state index contributed by atoms with van der Waals surface area (Å²) in [5.41, 5.74) is 1.67. The Morgan fingerprint density at radius 2 is 1.88 bits per heavy atom. The van der Waals surface area contributed by atoms with E-state index < -0.39 is 16.8 Å². The van der Waals surface area contributed by atoms with Crippen molar-refractivity contribution in [3.05, 3.63) is 62.5 Å². The van der Waals surface area contributed by atoms with E-state index in [1.807, 2.05) is 6.92 Å². The predicted octanol–water partition coefficient (Wildman–Crippen LogP) is 3.28. The molecular formula is C18H20N2O5. The third-order valence-corrected chi connectivity index (χ3v) is 4.18. The Balaban J connectivity index is 2.69. The number of nitro groups is 1. The Morgan fingerprint density at radius 3 is 2.44 bits per heavy atom.